The summed E-state index contributed by atoms with van der Waals surface area (Å²) >= 11 is 0. The number of benzene rings is 1. The molecule has 3 aromatic rings. The van der Waals surface area contributed by atoms with E-state index in [1.165, 1.54) is 92.7 Å². The Bertz CT molecular complexity index is 1210. The third-order valence-electron chi connectivity index (χ3n) is 10.1. The first-order valence-electron chi connectivity index (χ1n) is 14.2. The predicted molar refractivity (Wildman–Crippen MR) is 145 cm³/mol. The van der Waals surface area contributed by atoms with Crippen LogP contribution >= 0.6 is 0 Å². The van der Waals surface area contributed by atoms with Crippen molar-refractivity contribution in [3.63, 3.8) is 0 Å². The smallest absolute Gasteiger partial charge is 0.0722 e. The van der Waals surface area contributed by atoms with E-state index >= 15 is 0 Å². The summed E-state index contributed by atoms with van der Waals surface area (Å²) in [6, 6.07) is 14.9. The highest BCUT2D eigenvalue weighted by molar-refractivity contribution is 5.64. The van der Waals surface area contributed by atoms with E-state index in [0.29, 0.717) is 11.0 Å². The van der Waals surface area contributed by atoms with Crippen LogP contribution in [0.25, 0.3) is 11.3 Å². The quantitative estimate of drug-likeness (QED) is 0.448. The Morgan fingerprint density at radius 3 is 2.39 bits per heavy atom. The summed E-state index contributed by atoms with van der Waals surface area (Å²) in [5.74, 6) is 0. The summed E-state index contributed by atoms with van der Waals surface area (Å²) in [4.78, 5) is 10.0. The van der Waals surface area contributed by atoms with Gasteiger partial charge in [-0.3, -0.25) is 14.6 Å². The van der Waals surface area contributed by atoms with Gasteiger partial charge in [0.25, 0.3) is 0 Å². The normalized spacial score (nSPS) is 28.0. The lowest BCUT2D eigenvalue weighted by atomic mass is 9.56. The molecular weight excluding hydrogens is 442 g/mol. The van der Waals surface area contributed by atoms with Crippen LogP contribution in [0.4, 0.5) is 5.69 Å². The van der Waals surface area contributed by atoms with Crippen LogP contribution in [0.3, 0.4) is 0 Å². The van der Waals surface area contributed by atoms with Crippen LogP contribution in [0.15, 0.2) is 48.7 Å². The number of anilines is 1. The zero-order valence-corrected chi connectivity index (χ0v) is 21.8. The van der Waals surface area contributed by atoms with Crippen molar-refractivity contribution in [2.75, 3.05) is 24.5 Å². The molecule has 1 aromatic carbocycles. The summed E-state index contributed by atoms with van der Waals surface area (Å²) in [7, 11) is 0. The summed E-state index contributed by atoms with van der Waals surface area (Å²) in [6.45, 7) is 8.04. The fourth-order valence-electron chi connectivity index (χ4n) is 7.86. The molecule has 0 atom stereocenters. The number of aromatic nitrogens is 3. The molecule has 0 spiro atoms. The summed E-state index contributed by atoms with van der Waals surface area (Å²) < 4.78 is 2.44. The summed E-state index contributed by atoms with van der Waals surface area (Å²) in [6.07, 6.45) is 14.3. The van der Waals surface area contributed by atoms with Gasteiger partial charge in [0.1, 0.15) is 0 Å². The Labute approximate surface area is 215 Å². The second-order valence-electron chi connectivity index (χ2n) is 12.0. The van der Waals surface area contributed by atoms with Gasteiger partial charge in [0.15, 0.2) is 0 Å². The minimum atomic E-state index is 0.473. The average molecular weight is 482 g/mol. The second-order valence-corrected chi connectivity index (χ2v) is 12.0. The molecule has 4 fully saturated rings. The van der Waals surface area contributed by atoms with Crippen molar-refractivity contribution in [1.29, 1.82) is 0 Å². The van der Waals surface area contributed by atoms with Gasteiger partial charge in [-0.1, -0.05) is 30.3 Å². The number of nitrogens with zero attached hydrogens (tertiary/aromatic N) is 5. The molecule has 188 valence electrons. The van der Waals surface area contributed by atoms with Crippen molar-refractivity contribution in [3.05, 3.63) is 65.6 Å². The first-order chi connectivity index (χ1) is 17.6. The average Bonchev–Trinajstić information content (AvgIpc) is 3.59. The maximum absolute atomic E-state index is 5.15. The lowest BCUT2D eigenvalue weighted by Crippen LogP contribution is -2.56. The van der Waals surface area contributed by atoms with Gasteiger partial charge in [-0.2, -0.15) is 5.10 Å². The van der Waals surface area contributed by atoms with Crippen molar-refractivity contribution < 1.29 is 0 Å². The van der Waals surface area contributed by atoms with Gasteiger partial charge in [0.2, 0.25) is 0 Å². The predicted octanol–water partition coefficient (Wildman–Crippen LogP) is 6.01. The van der Waals surface area contributed by atoms with E-state index in [1.54, 1.807) is 0 Å². The molecule has 3 saturated carbocycles. The van der Waals surface area contributed by atoms with Gasteiger partial charge >= 0.3 is 0 Å². The minimum absolute atomic E-state index is 0.473. The van der Waals surface area contributed by atoms with E-state index in [9.17, 15) is 0 Å². The Kier molecular flexibility index (Phi) is 5.46. The molecule has 0 radical (unpaired) electrons. The first-order valence-corrected chi connectivity index (χ1v) is 14.2. The van der Waals surface area contributed by atoms with Gasteiger partial charge in [0, 0.05) is 60.3 Å². The minimum Gasteiger partial charge on any atom is -0.367 e. The summed E-state index contributed by atoms with van der Waals surface area (Å²) in [5.41, 5.74) is 8.67. The van der Waals surface area contributed by atoms with E-state index in [2.05, 4.69) is 68.9 Å². The van der Waals surface area contributed by atoms with Crippen LogP contribution in [0.1, 0.15) is 68.3 Å². The van der Waals surface area contributed by atoms with E-state index < -0.39 is 0 Å². The van der Waals surface area contributed by atoms with Gasteiger partial charge in [0.05, 0.1) is 11.4 Å². The van der Waals surface area contributed by atoms with E-state index in [-0.39, 0.29) is 0 Å². The zero-order valence-electron chi connectivity index (χ0n) is 21.8. The molecule has 2 aliphatic heterocycles. The van der Waals surface area contributed by atoms with Crippen molar-refractivity contribution in [2.24, 2.45) is 5.41 Å². The van der Waals surface area contributed by atoms with Gasteiger partial charge in [-0.15, -0.1) is 0 Å². The van der Waals surface area contributed by atoms with Crippen LogP contribution in [-0.2, 0) is 19.5 Å². The summed E-state index contributed by atoms with van der Waals surface area (Å²) in [5, 5.41) is 5.15. The zero-order chi connectivity index (χ0) is 24.2. The Balaban J connectivity index is 1.08. The number of fused-ring (bicyclic) bond motifs is 4. The SMILES string of the molecule is Cc1nn(CC23CCC(N4CCCC4)(CC2)CC3)c2c1CN(c1ccnc(-c3ccccc3)c1)CC2. The third kappa shape index (κ3) is 3.78. The molecule has 0 unspecified atom stereocenters. The molecule has 1 saturated heterocycles. The van der Waals surface area contributed by atoms with Crippen LogP contribution in [-0.4, -0.2) is 44.8 Å². The Morgan fingerprint density at radius 2 is 1.64 bits per heavy atom. The number of likely N-dealkylation sites (tertiary alicyclic amines) is 1. The largest absolute Gasteiger partial charge is 0.367 e. The number of rotatable bonds is 5. The molecule has 2 bridgehead atoms. The van der Waals surface area contributed by atoms with Crippen molar-refractivity contribution in [3.8, 4) is 11.3 Å². The molecule has 4 heterocycles. The van der Waals surface area contributed by atoms with Crippen molar-refractivity contribution in [2.45, 2.75) is 83.3 Å². The highest BCUT2D eigenvalue weighted by Gasteiger charge is 2.51. The lowest BCUT2D eigenvalue weighted by Gasteiger charge is -2.57. The van der Waals surface area contributed by atoms with Gasteiger partial charge in [-0.25, -0.2) is 0 Å². The third-order valence-corrected chi connectivity index (χ3v) is 10.1. The topological polar surface area (TPSA) is 37.2 Å². The highest BCUT2D eigenvalue weighted by atomic mass is 15.3. The Morgan fingerprint density at radius 1 is 0.889 bits per heavy atom. The molecule has 5 heteroatoms. The lowest BCUT2D eigenvalue weighted by molar-refractivity contribution is -0.0534. The van der Waals surface area contributed by atoms with E-state index in [0.717, 1.165) is 31.7 Å². The van der Waals surface area contributed by atoms with Gasteiger partial charge < -0.3 is 4.90 Å². The maximum atomic E-state index is 5.15. The maximum Gasteiger partial charge on any atom is 0.0722 e. The second kappa shape index (κ2) is 8.72. The number of pyridine rings is 1. The molecule has 5 aliphatic rings. The number of hydrogen-bond acceptors (Lipinski definition) is 4. The monoisotopic (exact) mass is 481 g/mol. The molecule has 5 nitrogen and oxygen atoms in total. The standard InChI is InChI=1S/C31H39N5/c1-24-27-22-34(26-9-17-32-28(21-26)25-7-3-2-4-8-25)20-10-29(27)36(33-24)23-30-11-14-31(15-12-30,16-13-30)35-18-5-6-19-35/h2-4,7-9,17,21H,5-6,10-16,18-20,22-23H2,1H3. The molecule has 0 N–H and O–H groups in total. The fraction of sp³-hybridized carbons (Fsp3) is 0.548. The number of aryl methyl sites for hydroxylation is 1. The van der Waals surface area contributed by atoms with Crippen LogP contribution in [0.5, 0.6) is 0 Å². The first kappa shape index (κ1) is 22.5. The molecule has 2 aromatic heterocycles. The molecule has 8 rings (SSSR count). The van der Waals surface area contributed by atoms with Gasteiger partial charge in [-0.05, 0) is 88.9 Å². The molecule has 36 heavy (non-hydrogen) atoms. The van der Waals surface area contributed by atoms with Crippen molar-refractivity contribution >= 4 is 5.69 Å². The molecule has 3 aliphatic carbocycles. The van der Waals surface area contributed by atoms with Crippen LogP contribution < -0.4 is 4.90 Å². The van der Waals surface area contributed by atoms with Crippen LogP contribution in [0, 0.1) is 12.3 Å². The van der Waals surface area contributed by atoms with E-state index in [1.807, 2.05) is 6.20 Å². The number of hydrogen-bond donors (Lipinski definition) is 0. The Hall–Kier alpha value is -2.66. The van der Waals surface area contributed by atoms with E-state index in [4.69, 9.17) is 5.10 Å². The molecular formula is C31H39N5. The highest BCUT2D eigenvalue weighted by Crippen LogP contribution is 2.56. The van der Waals surface area contributed by atoms with Crippen molar-refractivity contribution in [1.82, 2.24) is 19.7 Å². The fourth-order valence-corrected chi connectivity index (χ4v) is 7.86. The molecule has 0 amide bonds. The van der Waals surface area contributed by atoms with Crippen LogP contribution in [0.2, 0.25) is 0 Å².